The largest absolute Gasteiger partial charge is 0.319 e. The highest BCUT2D eigenvalue weighted by molar-refractivity contribution is 7.89. The van der Waals surface area contributed by atoms with Crippen molar-refractivity contribution in [2.24, 2.45) is 0 Å². The summed E-state index contributed by atoms with van der Waals surface area (Å²) in [5.74, 6) is -1.42. The molecule has 0 heterocycles. The standard InChI is InChI=1S/C21H22ClFN2O3S/c22-18-9-5-4-8-17(18)21(26)25-20-11-10-16(14-19(20)23)29(27,28)24-13-12-15-6-2-1-3-7-15/h4-6,8-11,14,24H,1-3,7,12-13H2,(H,25,26). The molecule has 0 atom stereocenters. The van der Waals surface area contributed by atoms with Gasteiger partial charge in [-0.05, 0) is 62.4 Å². The van der Waals surface area contributed by atoms with Crippen molar-refractivity contribution in [1.29, 1.82) is 0 Å². The van der Waals surface area contributed by atoms with Crippen LogP contribution >= 0.6 is 11.6 Å². The maximum Gasteiger partial charge on any atom is 0.257 e. The first kappa shape index (κ1) is 21.5. The lowest BCUT2D eigenvalue weighted by molar-refractivity contribution is 0.102. The minimum absolute atomic E-state index is 0.124. The number of benzene rings is 2. The summed E-state index contributed by atoms with van der Waals surface area (Å²) in [6, 6.07) is 9.76. The molecule has 3 rings (SSSR count). The number of sulfonamides is 1. The molecule has 0 spiro atoms. The first-order valence-corrected chi connectivity index (χ1v) is 11.3. The molecule has 0 saturated carbocycles. The van der Waals surface area contributed by atoms with E-state index in [2.05, 4.69) is 16.1 Å². The summed E-state index contributed by atoms with van der Waals surface area (Å²) in [7, 11) is -3.84. The summed E-state index contributed by atoms with van der Waals surface area (Å²) in [6.45, 7) is 0.265. The van der Waals surface area contributed by atoms with E-state index in [9.17, 15) is 17.6 Å². The molecule has 5 nitrogen and oxygen atoms in total. The highest BCUT2D eigenvalue weighted by atomic mass is 35.5. The van der Waals surface area contributed by atoms with Gasteiger partial charge < -0.3 is 5.32 Å². The molecule has 1 amide bonds. The highest BCUT2D eigenvalue weighted by Crippen LogP contribution is 2.23. The lowest BCUT2D eigenvalue weighted by atomic mass is 9.97. The molecule has 2 N–H and O–H groups in total. The molecule has 29 heavy (non-hydrogen) atoms. The van der Waals surface area contributed by atoms with Crippen LogP contribution in [0.5, 0.6) is 0 Å². The third kappa shape index (κ3) is 5.65. The Kier molecular flexibility index (Phi) is 7.05. The van der Waals surface area contributed by atoms with Crippen LogP contribution in [-0.4, -0.2) is 20.9 Å². The van der Waals surface area contributed by atoms with Crippen LogP contribution in [0.15, 0.2) is 59.0 Å². The quantitative estimate of drug-likeness (QED) is 0.606. The van der Waals surface area contributed by atoms with Gasteiger partial charge >= 0.3 is 0 Å². The van der Waals surface area contributed by atoms with E-state index < -0.39 is 21.7 Å². The van der Waals surface area contributed by atoms with E-state index >= 15 is 0 Å². The molecule has 0 saturated heterocycles. The summed E-state index contributed by atoms with van der Waals surface area (Å²) in [6.07, 6.45) is 7.14. The predicted octanol–water partition coefficient (Wildman–Crippen LogP) is 4.90. The predicted molar refractivity (Wildman–Crippen MR) is 112 cm³/mol. The number of hydrogen-bond acceptors (Lipinski definition) is 3. The minimum Gasteiger partial charge on any atom is -0.319 e. The summed E-state index contributed by atoms with van der Waals surface area (Å²) in [5, 5.41) is 2.65. The number of anilines is 1. The number of nitrogens with one attached hydrogen (secondary N) is 2. The maximum atomic E-state index is 14.4. The van der Waals surface area contributed by atoms with Crippen LogP contribution in [0, 0.1) is 5.82 Å². The second-order valence-corrected chi connectivity index (χ2v) is 9.01. The zero-order valence-electron chi connectivity index (χ0n) is 15.8. The van der Waals surface area contributed by atoms with Gasteiger partial charge in [0.25, 0.3) is 5.91 Å². The lowest BCUT2D eigenvalue weighted by Gasteiger charge is -2.13. The molecule has 0 aromatic heterocycles. The van der Waals surface area contributed by atoms with Crippen molar-refractivity contribution < 1.29 is 17.6 Å². The smallest absolute Gasteiger partial charge is 0.257 e. The molecule has 2 aromatic carbocycles. The fraction of sp³-hybridized carbons (Fsp3) is 0.286. The summed E-state index contributed by atoms with van der Waals surface area (Å²) in [4.78, 5) is 12.1. The second-order valence-electron chi connectivity index (χ2n) is 6.83. The number of allylic oxidation sites excluding steroid dienone is 1. The third-order valence-corrected chi connectivity index (χ3v) is 6.53. The van der Waals surface area contributed by atoms with E-state index in [-0.39, 0.29) is 27.7 Å². The van der Waals surface area contributed by atoms with Crippen molar-refractivity contribution in [3.63, 3.8) is 0 Å². The average Bonchev–Trinajstić information content (AvgIpc) is 2.70. The third-order valence-electron chi connectivity index (χ3n) is 4.74. The fourth-order valence-electron chi connectivity index (χ4n) is 3.16. The van der Waals surface area contributed by atoms with E-state index in [0.29, 0.717) is 6.42 Å². The van der Waals surface area contributed by atoms with E-state index in [1.54, 1.807) is 18.2 Å². The zero-order valence-corrected chi connectivity index (χ0v) is 17.3. The monoisotopic (exact) mass is 436 g/mol. The SMILES string of the molecule is O=C(Nc1ccc(S(=O)(=O)NCCC2=CCCCC2)cc1F)c1ccccc1Cl. The van der Waals surface area contributed by atoms with Gasteiger partial charge in [-0.15, -0.1) is 0 Å². The lowest BCUT2D eigenvalue weighted by Crippen LogP contribution is -2.25. The van der Waals surface area contributed by atoms with Gasteiger partial charge in [-0.3, -0.25) is 4.79 Å². The minimum atomic E-state index is -3.84. The van der Waals surface area contributed by atoms with Crippen LogP contribution in [-0.2, 0) is 10.0 Å². The molecule has 1 aliphatic rings. The molecule has 154 valence electrons. The Hall–Kier alpha value is -2.22. The maximum absolute atomic E-state index is 14.4. The number of amides is 1. The molecular formula is C21H22ClFN2O3S. The second kappa shape index (κ2) is 9.52. The average molecular weight is 437 g/mol. The zero-order chi connectivity index (χ0) is 20.9. The van der Waals surface area contributed by atoms with Gasteiger partial charge in [0.15, 0.2) is 0 Å². The van der Waals surface area contributed by atoms with E-state index in [1.807, 2.05) is 0 Å². The van der Waals surface area contributed by atoms with Gasteiger partial charge in [-0.2, -0.15) is 0 Å². The fourth-order valence-corrected chi connectivity index (χ4v) is 4.43. The number of carbonyl (C=O) groups excluding carboxylic acids is 1. The molecule has 0 unspecified atom stereocenters. The molecule has 0 radical (unpaired) electrons. The molecule has 2 aromatic rings. The number of hydrogen-bond donors (Lipinski definition) is 2. The summed E-state index contributed by atoms with van der Waals surface area (Å²) in [5.41, 5.74) is 1.33. The number of carbonyl (C=O) groups is 1. The topological polar surface area (TPSA) is 75.3 Å². The molecule has 0 fully saturated rings. The Morgan fingerprint density at radius 2 is 1.93 bits per heavy atom. The molecule has 1 aliphatic carbocycles. The van der Waals surface area contributed by atoms with Gasteiger partial charge in [0.1, 0.15) is 5.82 Å². The molecule has 0 bridgehead atoms. The first-order valence-electron chi connectivity index (χ1n) is 9.40. The summed E-state index contributed by atoms with van der Waals surface area (Å²) >= 11 is 5.97. The van der Waals surface area contributed by atoms with E-state index in [0.717, 1.165) is 25.3 Å². The van der Waals surface area contributed by atoms with Crippen molar-refractivity contribution >= 4 is 33.2 Å². The van der Waals surface area contributed by atoms with Crippen molar-refractivity contribution in [3.05, 3.63) is 70.5 Å². The van der Waals surface area contributed by atoms with Crippen molar-refractivity contribution in [3.8, 4) is 0 Å². The Morgan fingerprint density at radius 1 is 1.14 bits per heavy atom. The van der Waals surface area contributed by atoms with E-state index in [4.69, 9.17) is 11.6 Å². The van der Waals surface area contributed by atoms with Gasteiger partial charge in [-0.1, -0.05) is 35.4 Å². The van der Waals surface area contributed by atoms with Crippen molar-refractivity contribution in [2.45, 2.75) is 37.0 Å². The first-order chi connectivity index (χ1) is 13.9. The Balaban J connectivity index is 1.65. The Labute approximate surface area is 175 Å². The van der Waals surface area contributed by atoms with Gasteiger partial charge in [0.2, 0.25) is 10.0 Å². The molecule has 8 heteroatoms. The molecular weight excluding hydrogens is 415 g/mol. The normalized spacial score (nSPS) is 14.3. The van der Waals surface area contributed by atoms with Gasteiger partial charge in [0, 0.05) is 6.54 Å². The van der Waals surface area contributed by atoms with Crippen LogP contribution in [0.3, 0.4) is 0 Å². The van der Waals surface area contributed by atoms with Crippen LogP contribution in [0.2, 0.25) is 5.02 Å². The van der Waals surface area contributed by atoms with E-state index in [1.165, 1.54) is 30.2 Å². The highest BCUT2D eigenvalue weighted by Gasteiger charge is 2.18. The summed E-state index contributed by atoms with van der Waals surface area (Å²) < 4.78 is 41.8. The Bertz CT molecular complexity index is 1040. The number of rotatable bonds is 7. The molecule has 0 aliphatic heterocycles. The van der Waals surface area contributed by atoms with Crippen LogP contribution < -0.4 is 10.0 Å². The van der Waals surface area contributed by atoms with Gasteiger partial charge in [-0.25, -0.2) is 17.5 Å². The van der Waals surface area contributed by atoms with Gasteiger partial charge in [0.05, 0.1) is 21.2 Å². The van der Waals surface area contributed by atoms with Crippen LogP contribution in [0.1, 0.15) is 42.5 Å². The van der Waals surface area contributed by atoms with Crippen LogP contribution in [0.4, 0.5) is 10.1 Å². The van der Waals surface area contributed by atoms with Crippen molar-refractivity contribution in [2.75, 3.05) is 11.9 Å². The number of halogens is 2. The van der Waals surface area contributed by atoms with Crippen molar-refractivity contribution in [1.82, 2.24) is 4.72 Å². The Morgan fingerprint density at radius 3 is 2.62 bits per heavy atom. The van der Waals surface area contributed by atoms with Crippen LogP contribution in [0.25, 0.3) is 0 Å².